The summed E-state index contributed by atoms with van der Waals surface area (Å²) in [5.74, 6) is 0.569. The molecule has 0 atom stereocenters. The quantitative estimate of drug-likeness (QED) is 0.521. The van der Waals surface area contributed by atoms with Crippen molar-refractivity contribution in [3.05, 3.63) is 82.9 Å². The number of aryl methyl sites for hydroxylation is 3. The number of nitrogens with zero attached hydrogens (tertiary/aromatic N) is 1. The molecule has 0 radical (unpaired) electrons. The molecule has 28 heavy (non-hydrogen) atoms. The minimum atomic E-state index is 0.569. The van der Waals surface area contributed by atoms with Crippen molar-refractivity contribution in [1.29, 1.82) is 0 Å². The molecular weight excluding hydrogens is 342 g/mol. The van der Waals surface area contributed by atoms with E-state index in [4.69, 9.17) is 5.73 Å². The van der Waals surface area contributed by atoms with Gasteiger partial charge in [-0.2, -0.15) is 0 Å². The molecule has 3 nitrogen and oxygen atoms in total. The van der Waals surface area contributed by atoms with Gasteiger partial charge in [0.25, 0.3) is 0 Å². The zero-order chi connectivity index (χ0) is 20.4. The van der Waals surface area contributed by atoms with Crippen molar-refractivity contribution in [2.24, 2.45) is 0 Å². The highest BCUT2D eigenvalue weighted by molar-refractivity contribution is 5.62. The number of benzene rings is 2. The number of pyridine rings is 1. The zero-order valence-electron chi connectivity index (χ0n) is 17.6. The number of anilines is 1. The van der Waals surface area contributed by atoms with Crippen molar-refractivity contribution in [2.45, 2.75) is 47.1 Å². The first-order valence-electron chi connectivity index (χ1n) is 10.2. The molecule has 0 aliphatic heterocycles. The second-order valence-corrected chi connectivity index (χ2v) is 6.92. The first-order valence-corrected chi connectivity index (χ1v) is 10.2. The van der Waals surface area contributed by atoms with E-state index in [2.05, 4.69) is 71.8 Å². The molecule has 1 aromatic heterocycles. The van der Waals surface area contributed by atoms with E-state index in [1.54, 1.807) is 0 Å². The summed E-state index contributed by atoms with van der Waals surface area (Å²) < 4.78 is 0. The molecule has 2 aromatic carbocycles. The van der Waals surface area contributed by atoms with E-state index in [0.29, 0.717) is 5.82 Å². The molecule has 1 heterocycles. The zero-order valence-corrected chi connectivity index (χ0v) is 17.6. The van der Waals surface area contributed by atoms with Gasteiger partial charge in [-0.15, -0.1) is 0 Å². The van der Waals surface area contributed by atoms with Gasteiger partial charge in [0.15, 0.2) is 0 Å². The molecule has 0 unspecified atom stereocenters. The van der Waals surface area contributed by atoms with Crippen molar-refractivity contribution >= 4 is 5.82 Å². The average Bonchev–Trinajstić information content (AvgIpc) is 2.69. The molecule has 0 amide bonds. The predicted molar refractivity (Wildman–Crippen MR) is 121 cm³/mol. The number of nitrogens with one attached hydrogen (secondary N) is 1. The SMILES string of the molecule is CC.Cc1cccc(CCCNCc2ccc(-c3cc(C)cc(N)n3)cc2)c1. The van der Waals surface area contributed by atoms with Gasteiger partial charge in [0.2, 0.25) is 0 Å². The minimum absolute atomic E-state index is 0.569. The van der Waals surface area contributed by atoms with Gasteiger partial charge in [-0.3, -0.25) is 0 Å². The van der Waals surface area contributed by atoms with E-state index >= 15 is 0 Å². The molecule has 0 spiro atoms. The van der Waals surface area contributed by atoms with Crippen molar-refractivity contribution < 1.29 is 0 Å². The summed E-state index contributed by atoms with van der Waals surface area (Å²) >= 11 is 0. The van der Waals surface area contributed by atoms with Gasteiger partial charge in [-0.05, 0) is 62.1 Å². The van der Waals surface area contributed by atoms with Crippen LogP contribution < -0.4 is 11.1 Å². The van der Waals surface area contributed by atoms with Crippen LogP contribution in [0.1, 0.15) is 42.5 Å². The third-order valence-corrected chi connectivity index (χ3v) is 4.47. The Kier molecular flexibility index (Phi) is 8.70. The fraction of sp³-hybridized carbons (Fsp3) is 0.320. The highest BCUT2D eigenvalue weighted by Gasteiger charge is 2.02. The number of hydrogen-bond donors (Lipinski definition) is 2. The maximum atomic E-state index is 5.85. The van der Waals surface area contributed by atoms with Gasteiger partial charge >= 0.3 is 0 Å². The molecule has 0 bridgehead atoms. The van der Waals surface area contributed by atoms with Gasteiger partial charge < -0.3 is 11.1 Å². The molecule has 3 heteroatoms. The third-order valence-electron chi connectivity index (χ3n) is 4.47. The van der Waals surface area contributed by atoms with Crippen LogP contribution in [0.4, 0.5) is 5.82 Å². The highest BCUT2D eigenvalue weighted by Crippen LogP contribution is 2.20. The van der Waals surface area contributed by atoms with Crippen molar-refractivity contribution in [2.75, 3.05) is 12.3 Å². The monoisotopic (exact) mass is 375 g/mol. The average molecular weight is 376 g/mol. The Hall–Kier alpha value is -2.65. The van der Waals surface area contributed by atoms with Crippen LogP contribution in [-0.2, 0) is 13.0 Å². The Morgan fingerprint density at radius 3 is 2.29 bits per heavy atom. The van der Waals surface area contributed by atoms with Crippen LogP contribution in [0.5, 0.6) is 0 Å². The van der Waals surface area contributed by atoms with Crippen LogP contribution in [0, 0.1) is 13.8 Å². The summed E-state index contributed by atoms with van der Waals surface area (Å²) in [6, 6.07) is 21.3. The normalized spacial score (nSPS) is 10.3. The van der Waals surface area contributed by atoms with Crippen LogP contribution in [-0.4, -0.2) is 11.5 Å². The van der Waals surface area contributed by atoms with Crippen LogP contribution in [0.3, 0.4) is 0 Å². The number of nitrogen functional groups attached to an aromatic ring is 1. The van der Waals surface area contributed by atoms with E-state index in [9.17, 15) is 0 Å². The molecule has 3 N–H and O–H groups in total. The lowest BCUT2D eigenvalue weighted by molar-refractivity contribution is 0.649. The van der Waals surface area contributed by atoms with Gasteiger partial charge in [-0.25, -0.2) is 4.98 Å². The topological polar surface area (TPSA) is 50.9 Å². The molecule has 0 aliphatic carbocycles. The molecule has 0 aliphatic rings. The summed E-state index contributed by atoms with van der Waals surface area (Å²) in [4.78, 5) is 4.42. The van der Waals surface area contributed by atoms with Gasteiger partial charge in [0.1, 0.15) is 5.82 Å². The molecule has 3 rings (SSSR count). The first kappa shape index (κ1) is 21.6. The van der Waals surface area contributed by atoms with Crippen LogP contribution >= 0.6 is 0 Å². The lowest BCUT2D eigenvalue weighted by atomic mass is 10.1. The maximum absolute atomic E-state index is 5.85. The number of rotatable bonds is 7. The van der Waals surface area contributed by atoms with E-state index in [1.165, 1.54) is 16.7 Å². The molecule has 3 aromatic rings. The second kappa shape index (κ2) is 11.3. The number of nitrogens with two attached hydrogens (primary N) is 1. The van der Waals surface area contributed by atoms with E-state index < -0.39 is 0 Å². The Balaban J connectivity index is 0.00000136. The van der Waals surface area contributed by atoms with Gasteiger partial charge in [-0.1, -0.05) is 67.9 Å². The van der Waals surface area contributed by atoms with Crippen molar-refractivity contribution in [3.63, 3.8) is 0 Å². The summed E-state index contributed by atoms with van der Waals surface area (Å²) in [6.45, 7) is 10.1. The molecule has 0 saturated carbocycles. The Morgan fingerprint density at radius 2 is 1.61 bits per heavy atom. The summed E-state index contributed by atoms with van der Waals surface area (Å²) in [5, 5.41) is 3.53. The van der Waals surface area contributed by atoms with E-state index in [0.717, 1.165) is 42.8 Å². The Bertz CT molecular complexity index is 834. The van der Waals surface area contributed by atoms with Crippen LogP contribution in [0.15, 0.2) is 60.7 Å². The fourth-order valence-electron chi connectivity index (χ4n) is 3.15. The summed E-state index contributed by atoms with van der Waals surface area (Å²) in [7, 11) is 0. The predicted octanol–water partition coefficient (Wildman–Crippen LogP) is 5.70. The van der Waals surface area contributed by atoms with Crippen molar-refractivity contribution in [1.82, 2.24) is 10.3 Å². The lowest BCUT2D eigenvalue weighted by Gasteiger charge is -2.08. The van der Waals surface area contributed by atoms with Crippen LogP contribution in [0.2, 0.25) is 0 Å². The minimum Gasteiger partial charge on any atom is -0.384 e. The van der Waals surface area contributed by atoms with Crippen molar-refractivity contribution in [3.8, 4) is 11.3 Å². The van der Waals surface area contributed by atoms with E-state index in [-0.39, 0.29) is 0 Å². The number of aromatic nitrogens is 1. The molecular formula is C25H33N3. The molecule has 148 valence electrons. The van der Waals surface area contributed by atoms with Crippen LogP contribution in [0.25, 0.3) is 11.3 Å². The fourth-order valence-corrected chi connectivity index (χ4v) is 3.15. The smallest absolute Gasteiger partial charge is 0.124 e. The summed E-state index contributed by atoms with van der Waals surface area (Å²) in [5.41, 5.74) is 13.0. The Labute approximate surface area is 170 Å². The largest absolute Gasteiger partial charge is 0.384 e. The van der Waals surface area contributed by atoms with Gasteiger partial charge in [0, 0.05) is 12.1 Å². The number of hydrogen-bond acceptors (Lipinski definition) is 3. The molecule has 0 fully saturated rings. The standard InChI is InChI=1S/C23H27N3.C2H6/c1-17-5-3-6-19(13-17)7-4-12-25-16-20-8-10-21(11-9-20)22-14-18(2)15-23(24)26-22;1-2/h3,5-6,8-11,13-15,25H,4,7,12,16H2,1-2H3,(H2,24,26);1-2H3. The lowest BCUT2D eigenvalue weighted by Crippen LogP contribution is -2.15. The molecule has 0 saturated heterocycles. The summed E-state index contributed by atoms with van der Waals surface area (Å²) in [6.07, 6.45) is 2.27. The Morgan fingerprint density at radius 1 is 0.857 bits per heavy atom. The first-order chi connectivity index (χ1) is 13.6. The maximum Gasteiger partial charge on any atom is 0.124 e. The second-order valence-electron chi connectivity index (χ2n) is 6.92. The van der Waals surface area contributed by atoms with Gasteiger partial charge in [0.05, 0.1) is 5.69 Å². The highest BCUT2D eigenvalue weighted by atomic mass is 14.8. The van der Waals surface area contributed by atoms with E-state index in [1.807, 2.05) is 26.8 Å². The third kappa shape index (κ3) is 6.82.